The Morgan fingerprint density at radius 3 is 3.18 bits per heavy atom. The lowest BCUT2D eigenvalue weighted by molar-refractivity contribution is 0.111. The van der Waals surface area contributed by atoms with Crippen molar-refractivity contribution in [1.29, 1.82) is 0 Å². The Kier molecular flexibility index (Phi) is 3.04. The van der Waals surface area contributed by atoms with Crippen LogP contribution in [0, 0.1) is 0 Å². The summed E-state index contributed by atoms with van der Waals surface area (Å²) in [6, 6.07) is 1.59. The van der Waals surface area contributed by atoms with Gasteiger partial charge in [0.2, 0.25) is 0 Å². The first-order chi connectivity index (χ1) is 5.36. The van der Waals surface area contributed by atoms with Crippen LogP contribution in [-0.4, -0.2) is 22.5 Å². The molecule has 0 saturated heterocycles. The summed E-state index contributed by atoms with van der Waals surface area (Å²) in [5, 5.41) is 0. The molecule has 3 nitrogen and oxygen atoms in total. The minimum absolute atomic E-state index is 0.448. The smallest absolute Gasteiger partial charge is 0.168 e. The first-order valence-electron chi connectivity index (χ1n) is 3.13. The van der Waals surface area contributed by atoms with E-state index in [-0.39, 0.29) is 0 Å². The van der Waals surface area contributed by atoms with Crippen molar-refractivity contribution < 1.29 is 4.79 Å². The summed E-state index contributed by atoms with van der Waals surface area (Å²) >= 11 is 1.63. The van der Waals surface area contributed by atoms with Gasteiger partial charge in [-0.3, -0.25) is 4.79 Å². The zero-order chi connectivity index (χ0) is 8.10. The molecule has 0 fully saturated rings. The molecule has 0 saturated carbocycles. The fourth-order valence-corrected chi connectivity index (χ4v) is 1.08. The van der Waals surface area contributed by atoms with Gasteiger partial charge < -0.3 is 0 Å². The fraction of sp³-hybridized carbons (Fsp3) is 0.286. The highest BCUT2D eigenvalue weighted by atomic mass is 32.2. The second-order valence-electron chi connectivity index (χ2n) is 1.95. The van der Waals surface area contributed by atoms with E-state index in [1.165, 1.54) is 0 Å². The number of thioether (sulfide) groups is 1. The van der Waals surface area contributed by atoms with Crippen LogP contribution in [-0.2, 0) is 5.75 Å². The monoisotopic (exact) mass is 168 g/mol. The van der Waals surface area contributed by atoms with Gasteiger partial charge in [0.25, 0.3) is 0 Å². The van der Waals surface area contributed by atoms with E-state index in [1.807, 2.05) is 6.26 Å². The van der Waals surface area contributed by atoms with Gasteiger partial charge in [0.1, 0.15) is 11.5 Å². The molecule has 4 heteroatoms. The third-order valence-corrected chi connectivity index (χ3v) is 1.67. The van der Waals surface area contributed by atoms with Crippen molar-refractivity contribution in [1.82, 2.24) is 9.97 Å². The van der Waals surface area contributed by atoms with Crippen molar-refractivity contribution in [2.24, 2.45) is 0 Å². The largest absolute Gasteiger partial charge is 0.296 e. The highest BCUT2D eigenvalue weighted by Gasteiger charge is 1.95. The van der Waals surface area contributed by atoms with Crippen LogP contribution < -0.4 is 0 Å². The van der Waals surface area contributed by atoms with Crippen LogP contribution >= 0.6 is 11.8 Å². The molecule has 1 aromatic rings. The maximum absolute atomic E-state index is 10.3. The summed E-state index contributed by atoms with van der Waals surface area (Å²) in [6.45, 7) is 0. The summed E-state index contributed by atoms with van der Waals surface area (Å²) in [6.07, 6.45) is 4.30. The van der Waals surface area contributed by atoms with E-state index in [4.69, 9.17) is 0 Å². The van der Waals surface area contributed by atoms with Crippen molar-refractivity contribution in [3.05, 3.63) is 23.8 Å². The first kappa shape index (κ1) is 8.20. The van der Waals surface area contributed by atoms with E-state index in [0.717, 1.165) is 12.0 Å². The second kappa shape index (κ2) is 4.08. The molecule has 0 N–H and O–H groups in total. The molecule has 1 aromatic heterocycles. The van der Waals surface area contributed by atoms with Crippen LogP contribution in [0.5, 0.6) is 0 Å². The molecule has 0 aliphatic heterocycles. The van der Waals surface area contributed by atoms with Crippen LogP contribution in [0.4, 0.5) is 0 Å². The van der Waals surface area contributed by atoms with Gasteiger partial charge in [0.05, 0.1) is 5.75 Å². The molecule has 0 atom stereocenters. The second-order valence-corrected chi connectivity index (χ2v) is 2.81. The Labute approximate surface area is 69.3 Å². The fourth-order valence-electron chi connectivity index (χ4n) is 0.679. The third kappa shape index (κ3) is 2.31. The number of aromatic nitrogens is 2. The van der Waals surface area contributed by atoms with E-state index in [9.17, 15) is 4.79 Å². The summed E-state index contributed by atoms with van der Waals surface area (Å²) in [5.41, 5.74) is 0.448. The molecule has 0 unspecified atom stereocenters. The van der Waals surface area contributed by atoms with Crippen molar-refractivity contribution in [3.63, 3.8) is 0 Å². The van der Waals surface area contributed by atoms with Gasteiger partial charge in [-0.2, -0.15) is 11.8 Å². The van der Waals surface area contributed by atoms with E-state index >= 15 is 0 Å². The summed E-state index contributed by atoms with van der Waals surface area (Å²) < 4.78 is 0. The quantitative estimate of drug-likeness (QED) is 0.635. The van der Waals surface area contributed by atoms with E-state index in [2.05, 4.69) is 9.97 Å². The predicted octanol–water partition coefficient (Wildman–Crippen LogP) is 1.15. The van der Waals surface area contributed by atoms with E-state index < -0.39 is 0 Å². The van der Waals surface area contributed by atoms with Crippen molar-refractivity contribution in [2.45, 2.75) is 5.75 Å². The van der Waals surface area contributed by atoms with Gasteiger partial charge in [0.15, 0.2) is 6.29 Å². The van der Waals surface area contributed by atoms with Gasteiger partial charge in [-0.05, 0) is 12.3 Å². The standard InChI is InChI=1S/C7H8N2OS/c1-11-5-7-8-3-2-6(4-10)9-7/h2-4H,5H2,1H3. The minimum atomic E-state index is 0.448. The molecule has 0 amide bonds. The SMILES string of the molecule is CSCc1nccc(C=O)n1. The zero-order valence-corrected chi connectivity index (χ0v) is 6.97. The van der Waals surface area contributed by atoms with Gasteiger partial charge in [-0.15, -0.1) is 0 Å². The molecule has 58 valence electrons. The average molecular weight is 168 g/mol. The van der Waals surface area contributed by atoms with Crippen molar-refractivity contribution in [3.8, 4) is 0 Å². The highest BCUT2D eigenvalue weighted by molar-refractivity contribution is 7.97. The highest BCUT2D eigenvalue weighted by Crippen LogP contribution is 2.02. The number of rotatable bonds is 3. The number of carbonyl (C=O) groups is 1. The summed E-state index contributed by atoms with van der Waals surface area (Å²) in [4.78, 5) is 18.2. The van der Waals surface area contributed by atoms with Gasteiger partial charge in [0, 0.05) is 6.20 Å². The van der Waals surface area contributed by atoms with Gasteiger partial charge >= 0.3 is 0 Å². The molecule has 0 spiro atoms. The topological polar surface area (TPSA) is 42.9 Å². The summed E-state index contributed by atoms with van der Waals surface area (Å²) in [7, 11) is 0. The van der Waals surface area contributed by atoms with Crippen LogP contribution in [0.3, 0.4) is 0 Å². The Morgan fingerprint density at radius 2 is 2.55 bits per heavy atom. The lowest BCUT2D eigenvalue weighted by atomic mass is 10.4. The van der Waals surface area contributed by atoms with Crippen molar-refractivity contribution >= 4 is 18.0 Å². The number of carbonyl (C=O) groups excluding carboxylic acids is 1. The maximum Gasteiger partial charge on any atom is 0.168 e. The molecule has 0 aliphatic rings. The lowest BCUT2D eigenvalue weighted by Gasteiger charge is -1.95. The molecule has 0 radical (unpaired) electrons. The first-order valence-corrected chi connectivity index (χ1v) is 4.52. The zero-order valence-electron chi connectivity index (χ0n) is 6.15. The number of aldehydes is 1. The number of nitrogens with zero attached hydrogens (tertiary/aromatic N) is 2. The predicted molar refractivity (Wildman–Crippen MR) is 44.6 cm³/mol. The van der Waals surface area contributed by atoms with Crippen molar-refractivity contribution in [2.75, 3.05) is 6.26 Å². The number of hydrogen-bond donors (Lipinski definition) is 0. The molecular weight excluding hydrogens is 160 g/mol. The lowest BCUT2D eigenvalue weighted by Crippen LogP contribution is -1.95. The van der Waals surface area contributed by atoms with Crippen LogP contribution in [0.1, 0.15) is 16.3 Å². The molecule has 11 heavy (non-hydrogen) atoms. The van der Waals surface area contributed by atoms with E-state index in [0.29, 0.717) is 11.5 Å². The minimum Gasteiger partial charge on any atom is -0.296 e. The van der Waals surface area contributed by atoms with Gasteiger partial charge in [-0.25, -0.2) is 9.97 Å². The van der Waals surface area contributed by atoms with Gasteiger partial charge in [-0.1, -0.05) is 0 Å². The molecule has 1 rings (SSSR count). The normalized spacial score (nSPS) is 9.55. The Hall–Kier alpha value is -0.900. The third-order valence-electron chi connectivity index (χ3n) is 1.12. The van der Waals surface area contributed by atoms with Crippen LogP contribution in [0.2, 0.25) is 0 Å². The molecule has 0 bridgehead atoms. The van der Waals surface area contributed by atoms with Crippen LogP contribution in [0.25, 0.3) is 0 Å². The summed E-state index contributed by atoms with van der Waals surface area (Å²) in [5.74, 6) is 1.46. The molecule has 0 aliphatic carbocycles. The molecular formula is C7H8N2OS. The molecule has 0 aromatic carbocycles. The number of hydrogen-bond acceptors (Lipinski definition) is 4. The molecule has 1 heterocycles. The Bertz CT molecular complexity index is 252. The van der Waals surface area contributed by atoms with Crippen LogP contribution in [0.15, 0.2) is 12.3 Å². The average Bonchev–Trinajstić information content (AvgIpc) is 2.06. The van der Waals surface area contributed by atoms with E-state index in [1.54, 1.807) is 24.0 Å². The Balaban J connectivity index is 2.82. The maximum atomic E-state index is 10.3. The Morgan fingerprint density at radius 1 is 1.73 bits per heavy atom.